The van der Waals surface area contributed by atoms with Crippen LogP contribution in [0.15, 0.2) is 24.4 Å². The topological polar surface area (TPSA) is 48.1 Å². The molecular weight excluding hydrogens is 200 g/mol. The Morgan fingerprint density at radius 1 is 1.31 bits per heavy atom. The van der Waals surface area contributed by atoms with Gasteiger partial charge in [-0.2, -0.15) is 0 Å². The second-order valence-electron chi connectivity index (χ2n) is 4.69. The van der Waals surface area contributed by atoms with Gasteiger partial charge in [-0.1, -0.05) is 13.0 Å². The molecular formula is C13H20N2O. The highest BCUT2D eigenvalue weighted by Gasteiger charge is 2.32. The number of nitrogens with zero attached hydrogens (tertiary/aromatic N) is 1. The molecule has 3 heteroatoms. The van der Waals surface area contributed by atoms with Crippen LogP contribution < -0.4 is 5.73 Å². The van der Waals surface area contributed by atoms with Gasteiger partial charge in [-0.25, -0.2) is 0 Å². The number of hydrogen-bond donors (Lipinski definition) is 1. The van der Waals surface area contributed by atoms with Crippen molar-refractivity contribution in [3.63, 3.8) is 0 Å². The summed E-state index contributed by atoms with van der Waals surface area (Å²) in [6, 6.07) is 6.15. The van der Waals surface area contributed by atoms with E-state index in [-0.39, 0.29) is 18.2 Å². The molecule has 88 valence electrons. The van der Waals surface area contributed by atoms with Crippen LogP contribution in [0, 0.1) is 0 Å². The second kappa shape index (κ2) is 4.93. The van der Waals surface area contributed by atoms with E-state index in [1.165, 1.54) is 0 Å². The molecule has 1 aromatic rings. The van der Waals surface area contributed by atoms with E-state index < -0.39 is 0 Å². The first-order valence-electron chi connectivity index (χ1n) is 6.00. The van der Waals surface area contributed by atoms with Gasteiger partial charge in [-0.3, -0.25) is 4.98 Å². The predicted octanol–water partition coefficient (Wildman–Crippen LogP) is 2.08. The normalized spacial score (nSPS) is 28.9. The summed E-state index contributed by atoms with van der Waals surface area (Å²) in [6.07, 6.45) is 4.48. The van der Waals surface area contributed by atoms with Crippen molar-refractivity contribution in [1.82, 2.24) is 4.98 Å². The average molecular weight is 220 g/mol. The minimum absolute atomic E-state index is 0.126. The van der Waals surface area contributed by atoms with Gasteiger partial charge in [0.15, 0.2) is 0 Å². The fourth-order valence-electron chi connectivity index (χ4n) is 2.28. The molecule has 0 radical (unpaired) electrons. The lowest BCUT2D eigenvalue weighted by Gasteiger charge is -2.21. The zero-order valence-corrected chi connectivity index (χ0v) is 9.97. The minimum Gasteiger partial charge on any atom is -0.373 e. The molecule has 2 rings (SSSR count). The molecule has 1 aliphatic heterocycles. The maximum atomic E-state index is 5.97. The van der Waals surface area contributed by atoms with Crippen molar-refractivity contribution in [1.29, 1.82) is 0 Å². The van der Waals surface area contributed by atoms with E-state index in [1.54, 1.807) is 0 Å². The first-order chi connectivity index (χ1) is 7.68. The highest BCUT2D eigenvalue weighted by molar-refractivity contribution is 5.11. The molecule has 1 saturated heterocycles. The molecule has 1 fully saturated rings. The van der Waals surface area contributed by atoms with Crippen molar-refractivity contribution in [2.24, 2.45) is 5.73 Å². The maximum absolute atomic E-state index is 5.97. The van der Waals surface area contributed by atoms with Crippen LogP contribution in [0.5, 0.6) is 0 Å². The van der Waals surface area contributed by atoms with E-state index in [1.807, 2.05) is 25.3 Å². The lowest BCUT2D eigenvalue weighted by Crippen LogP contribution is -2.32. The molecule has 16 heavy (non-hydrogen) atoms. The van der Waals surface area contributed by atoms with Gasteiger partial charge in [-0.15, -0.1) is 0 Å². The second-order valence-corrected chi connectivity index (χ2v) is 4.69. The van der Waals surface area contributed by atoms with Gasteiger partial charge in [0.1, 0.15) is 0 Å². The molecule has 1 aliphatic rings. The van der Waals surface area contributed by atoms with Crippen molar-refractivity contribution in [3.05, 3.63) is 30.1 Å². The van der Waals surface area contributed by atoms with E-state index in [4.69, 9.17) is 10.5 Å². The Balaban J connectivity index is 2.00. The van der Waals surface area contributed by atoms with Gasteiger partial charge in [0.25, 0.3) is 0 Å². The Bertz CT molecular complexity index is 326. The van der Waals surface area contributed by atoms with Crippen molar-refractivity contribution in [3.8, 4) is 0 Å². The summed E-state index contributed by atoms with van der Waals surface area (Å²) >= 11 is 0. The highest BCUT2D eigenvalue weighted by Crippen LogP contribution is 2.31. The molecule has 0 bridgehead atoms. The molecule has 3 nitrogen and oxygen atoms in total. The summed E-state index contributed by atoms with van der Waals surface area (Å²) in [5.41, 5.74) is 6.97. The standard InChI is InChI=1S/C13H20N2O/c1-9(11-5-3-4-8-15-11)12-6-7-13(16-12)10(2)14/h3-5,8-10,12-13H,6-7,14H2,1-2H3. The van der Waals surface area contributed by atoms with Crippen LogP contribution in [0.3, 0.4) is 0 Å². The molecule has 2 N–H and O–H groups in total. The van der Waals surface area contributed by atoms with E-state index in [2.05, 4.69) is 18.0 Å². The molecule has 0 aliphatic carbocycles. The van der Waals surface area contributed by atoms with E-state index >= 15 is 0 Å². The van der Waals surface area contributed by atoms with Gasteiger partial charge in [0.05, 0.1) is 12.2 Å². The molecule has 4 unspecified atom stereocenters. The number of hydrogen-bond acceptors (Lipinski definition) is 3. The van der Waals surface area contributed by atoms with E-state index in [9.17, 15) is 0 Å². The minimum atomic E-state index is 0.126. The van der Waals surface area contributed by atoms with Crippen LogP contribution in [0.2, 0.25) is 0 Å². The average Bonchev–Trinajstić information content (AvgIpc) is 2.78. The first kappa shape index (κ1) is 11.6. The van der Waals surface area contributed by atoms with E-state index in [0.717, 1.165) is 18.5 Å². The fraction of sp³-hybridized carbons (Fsp3) is 0.615. The molecule has 0 aromatic carbocycles. The van der Waals surface area contributed by atoms with Crippen LogP contribution in [0.1, 0.15) is 38.3 Å². The monoisotopic (exact) mass is 220 g/mol. The number of ether oxygens (including phenoxy) is 1. The number of nitrogens with two attached hydrogens (primary N) is 1. The van der Waals surface area contributed by atoms with Gasteiger partial charge in [0, 0.05) is 23.9 Å². The van der Waals surface area contributed by atoms with Crippen LogP contribution in [-0.4, -0.2) is 23.2 Å². The highest BCUT2D eigenvalue weighted by atomic mass is 16.5. The molecule has 0 saturated carbocycles. The van der Waals surface area contributed by atoms with Crippen LogP contribution in [0.25, 0.3) is 0 Å². The smallest absolute Gasteiger partial charge is 0.0728 e. The van der Waals surface area contributed by atoms with Crippen molar-refractivity contribution >= 4 is 0 Å². The van der Waals surface area contributed by atoms with Gasteiger partial charge in [-0.05, 0) is 31.9 Å². The quantitative estimate of drug-likeness (QED) is 0.848. The third kappa shape index (κ3) is 2.42. The third-order valence-corrected chi connectivity index (χ3v) is 3.38. The first-order valence-corrected chi connectivity index (χ1v) is 6.00. The van der Waals surface area contributed by atoms with E-state index in [0.29, 0.717) is 5.92 Å². The maximum Gasteiger partial charge on any atom is 0.0728 e. The van der Waals surface area contributed by atoms with Crippen LogP contribution in [0.4, 0.5) is 0 Å². The summed E-state index contributed by atoms with van der Waals surface area (Å²) < 4.78 is 5.97. The number of rotatable bonds is 3. The number of aromatic nitrogens is 1. The molecule has 2 heterocycles. The van der Waals surface area contributed by atoms with Crippen LogP contribution in [-0.2, 0) is 4.74 Å². The molecule has 1 aromatic heterocycles. The SMILES string of the molecule is CC(N)C1CCC(C(C)c2ccccn2)O1. The Morgan fingerprint density at radius 2 is 2.06 bits per heavy atom. The predicted molar refractivity (Wildman–Crippen MR) is 64.2 cm³/mol. The largest absolute Gasteiger partial charge is 0.373 e. The zero-order valence-electron chi connectivity index (χ0n) is 9.97. The molecule has 4 atom stereocenters. The lowest BCUT2D eigenvalue weighted by molar-refractivity contribution is 0.0217. The Labute approximate surface area is 97.0 Å². The summed E-state index contributed by atoms with van der Waals surface area (Å²) in [7, 11) is 0. The fourth-order valence-corrected chi connectivity index (χ4v) is 2.28. The van der Waals surface area contributed by atoms with Crippen LogP contribution >= 0.6 is 0 Å². The van der Waals surface area contributed by atoms with Gasteiger partial charge < -0.3 is 10.5 Å². The number of pyridine rings is 1. The van der Waals surface area contributed by atoms with Crippen molar-refractivity contribution in [2.45, 2.75) is 50.9 Å². The summed E-state index contributed by atoms with van der Waals surface area (Å²) in [4.78, 5) is 4.38. The summed E-state index contributed by atoms with van der Waals surface area (Å²) in [5.74, 6) is 0.352. The molecule has 0 spiro atoms. The lowest BCUT2D eigenvalue weighted by atomic mass is 9.97. The van der Waals surface area contributed by atoms with Crippen molar-refractivity contribution < 1.29 is 4.74 Å². The zero-order chi connectivity index (χ0) is 11.5. The van der Waals surface area contributed by atoms with Gasteiger partial charge >= 0.3 is 0 Å². The van der Waals surface area contributed by atoms with Crippen molar-refractivity contribution in [2.75, 3.05) is 0 Å². The summed E-state index contributed by atoms with van der Waals surface area (Å²) in [6.45, 7) is 4.19. The summed E-state index contributed by atoms with van der Waals surface area (Å²) in [5, 5.41) is 0. The Morgan fingerprint density at radius 3 is 2.62 bits per heavy atom. The van der Waals surface area contributed by atoms with Gasteiger partial charge in [0.2, 0.25) is 0 Å². The Hall–Kier alpha value is -0.930. The Kier molecular flexibility index (Phi) is 3.56. The molecule has 0 amide bonds. The third-order valence-electron chi connectivity index (χ3n) is 3.38.